The van der Waals surface area contributed by atoms with E-state index in [1.165, 1.54) is 54.7 Å². The van der Waals surface area contributed by atoms with Crippen LogP contribution in [0.25, 0.3) is 0 Å². The van der Waals surface area contributed by atoms with Crippen LogP contribution in [0.1, 0.15) is 148 Å². The predicted molar refractivity (Wildman–Crippen MR) is 283 cm³/mol. The average Bonchev–Trinajstić information content (AvgIpc) is 4.19. The monoisotopic (exact) mass is 1030 g/mol. The Morgan fingerprint density at radius 2 is 1.67 bits per heavy atom. The number of nitrogens with zero attached hydrogens (tertiary/aromatic N) is 1. The van der Waals surface area contributed by atoms with Crippen LogP contribution < -0.4 is 16.0 Å². The van der Waals surface area contributed by atoms with E-state index in [9.17, 15) is 19.8 Å². The van der Waals surface area contributed by atoms with Gasteiger partial charge in [0.2, 0.25) is 0 Å². The minimum atomic E-state index is -0.930. The molecule has 0 aromatic rings. The minimum Gasteiger partial charge on any atom is -0.427 e. The number of dihydropyridines is 1. The van der Waals surface area contributed by atoms with Crippen LogP contribution in [-0.4, -0.2) is 82.5 Å². The van der Waals surface area contributed by atoms with Crippen molar-refractivity contribution in [2.75, 3.05) is 32.1 Å². The van der Waals surface area contributed by atoms with Crippen molar-refractivity contribution in [2.24, 2.45) is 64.1 Å². The van der Waals surface area contributed by atoms with Gasteiger partial charge in [0.25, 0.3) is 11.8 Å². The Kier molecular flexibility index (Phi) is 14.3. The predicted octanol–water partition coefficient (Wildman–Crippen LogP) is 9.55. The maximum absolute atomic E-state index is 15.5. The van der Waals surface area contributed by atoms with E-state index < -0.39 is 17.4 Å². The van der Waals surface area contributed by atoms with Crippen molar-refractivity contribution in [2.45, 2.75) is 160 Å². The molecule has 1 saturated heterocycles. The molecule has 9 atom stereocenters. The summed E-state index contributed by atoms with van der Waals surface area (Å²) in [5, 5.41) is 32.7. The summed E-state index contributed by atoms with van der Waals surface area (Å²) < 4.78 is 13.6. The molecule has 0 unspecified atom stereocenters. The Bertz CT molecular complexity index is 2450. The Balaban J connectivity index is 1.01. The van der Waals surface area contributed by atoms with Crippen molar-refractivity contribution in [1.82, 2.24) is 20.9 Å². The normalized spacial score (nSPS) is 37.3. The lowest BCUT2D eigenvalue weighted by Gasteiger charge is -2.58. The van der Waals surface area contributed by atoms with Gasteiger partial charge in [0.1, 0.15) is 11.5 Å². The second-order valence-corrected chi connectivity index (χ2v) is 26.6. The highest BCUT2D eigenvalue weighted by Crippen LogP contribution is 2.73. The summed E-state index contributed by atoms with van der Waals surface area (Å²) in [7, 11) is 3.61. The summed E-state index contributed by atoms with van der Waals surface area (Å²) in [5.41, 5.74) is 4.98. The number of hydrogen-bond acceptors (Lipinski definition) is 13. The molecule has 5 aliphatic heterocycles. The number of aliphatic hydroxyl groups excluding tert-OH is 2. The van der Waals surface area contributed by atoms with E-state index in [2.05, 4.69) is 41.1 Å². The van der Waals surface area contributed by atoms with Gasteiger partial charge in [0.15, 0.2) is 0 Å². The van der Waals surface area contributed by atoms with Crippen LogP contribution in [0.4, 0.5) is 0 Å². The van der Waals surface area contributed by atoms with E-state index in [0.29, 0.717) is 60.9 Å². The van der Waals surface area contributed by atoms with E-state index in [1.807, 2.05) is 10.8 Å². The standard InChI is InChI=1S/C59H78N4O8S2/c1-2-58(24-6-7-25-58)43-18-16-38-29-41-40-22-26-59(52(41)51-49(38)54(43)71-56(51)68)45-19-17-39(35-14-12-34(13-15-35)9-8-28-64)55(61-31-44(65)36-10-4-3-5-11-36)73-72-33-62-46-30-37(23-27-60-46)42(50(40)53(59)57(69)70-45)32-63-47(66)20-21-48(63)67/h19-21,23,30,34-36,38-42,44,52,55,60-62,64-65H,2-18,22,24-29,31-33H2,1H3/b45-19-/t34?,35?,38-,39+,40-,41-,42+,44-,52+,55-,59-/m0/s1. The van der Waals surface area contributed by atoms with Gasteiger partial charge in [-0.25, -0.2) is 9.59 Å². The Morgan fingerprint density at radius 3 is 2.44 bits per heavy atom. The summed E-state index contributed by atoms with van der Waals surface area (Å²) >= 11 is 0. The van der Waals surface area contributed by atoms with Gasteiger partial charge in [-0.2, -0.15) is 0 Å². The zero-order valence-electron chi connectivity index (χ0n) is 42.9. The smallest absolute Gasteiger partial charge is 0.340 e. The van der Waals surface area contributed by atoms with E-state index in [-0.39, 0.29) is 77.3 Å². The summed E-state index contributed by atoms with van der Waals surface area (Å²) in [6.45, 7) is 3.70. The molecule has 13 aliphatic rings. The van der Waals surface area contributed by atoms with E-state index in [1.54, 1.807) is 10.8 Å². The lowest BCUT2D eigenvalue weighted by atomic mass is 9.42. The third kappa shape index (κ3) is 8.79. The van der Waals surface area contributed by atoms with Gasteiger partial charge >= 0.3 is 11.9 Å². The highest BCUT2D eigenvalue weighted by Gasteiger charge is 2.70. The molecule has 12 nitrogen and oxygen atoms in total. The fraction of sp³-hybridized carbons (Fsp3) is 0.695. The Hall–Kier alpha value is -3.56. The Morgan fingerprint density at radius 1 is 0.877 bits per heavy atom. The molecule has 0 aromatic heterocycles. The van der Waals surface area contributed by atoms with Gasteiger partial charge in [-0.15, -0.1) is 0 Å². The Labute approximate surface area is 440 Å². The zero-order chi connectivity index (χ0) is 50.0. The first-order chi connectivity index (χ1) is 35.6. The molecule has 394 valence electrons. The number of aliphatic hydroxyl groups is 2. The SMILES string of the molecule is CCC1(C2=C3OC(=O)C4=C3[C@@H](CC2)C[C@H]2[C@@H]3CC[C@@]5(C6=C3[C@H](CN3C(=O)C=CC3=O)C3=CCNC(=C3)NCSS[C@H](NC[C@H](O)C3CCCCC3)[C@@H](C3CCC(CCCO)CC3)C/C=C/5OC6=O)[C@@H]42)CCCC1. The molecule has 13 rings (SSSR count). The van der Waals surface area contributed by atoms with Gasteiger partial charge in [0.05, 0.1) is 34.2 Å². The van der Waals surface area contributed by atoms with Gasteiger partial charge in [-0.3, -0.25) is 14.5 Å². The molecule has 73 heavy (non-hydrogen) atoms. The molecule has 0 radical (unpaired) electrons. The zero-order valence-corrected chi connectivity index (χ0v) is 44.6. The average molecular weight is 1040 g/mol. The molecule has 2 amide bonds. The fourth-order valence-corrected chi connectivity index (χ4v) is 19.8. The number of carbonyl (C=O) groups is 4. The molecule has 1 spiro atoms. The topological polar surface area (TPSA) is 167 Å². The molecule has 14 heteroatoms. The lowest BCUT2D eigenvalue weighted by molar-refractivity contribution is -0.138. The maximum atomic E-state index is 15.5. The minimum absolute atomic E-state index is 0.0129. The van der Waals surface area contributed by atoms with E-state index >= 15 is 9.59 Å². The first-order valence-corrected chi connectivity index (χ1v) is 31.1. The van der Waals surface area contributed by atoms with Crippen LogP contribution in [0.5, 0.6) is 0 Å². The van der Waals surface area contributed by atoms with Crippen molar-refractivity contribution >= 4 is 45.3 Å². The van der Waals surface area contributed by atoms with Crippen LogP contribution in [0.15, 0.2) is 81.2 Å². The number of carbonyl (C=O) groups excluding carboxylic acids is 4. The molecule has 0 aromatic carbocycles. The van der Waals surface area contributed by atoms with Crippen molar-refractivity contribution in [3.63, 3.8) is 0 Å². The van der Waals surface area contributed by atoms with Crippen molar-refractivity contribution in [1.29, 1.82) is 0 Å². The highest BCUT2D eigenvalue weighted by molar-refractivity contribution is 8.76. The molecule has 5 fully saturated rings. The van der Waals surface area contributed by atoms with Crippen LogP contribution in [0, 0.1) is 64.1 Å². The van der Waals surface area contributed by atoms with E-state index in [4.69, 9.17) is 9.47 Å². The number of rotatable bonds is 12. The molecule has 5 heterocycles. The molecule has 8 aliphatic carbocycles. The highest BCUT2D eigenvalue weighted by atomic mass is 33.1. The molecule has 5 N–H and O–H groups in total. The van der Waals surface area contributed by atoms with Gasteiger partial charge < -0.3 is 35.6 Å². The largest absolute Gasteiger partial charge is 0.427 e. The first-order valence-electron chi connectivity index (χ1n) is 28.7. The number of hydrogen-bond donors (Lipinski definition) is 5. The van der Waals surface area contributed by atoms with Gasteiger partial charge in [-0.1, -0.05) is 79.5 Å². The maximum Gasteiger partial charge on any atom is 0.340 e. The van der Waals surface area contributed by atoms with Crippen LogP contribution in [0.3, 0.4) is 0 Å². The van der Waals surface area contributed by atoms with Crippen LogP contribution in [0.2, 0.25) is 0 Å². The summed E-state index contributed by atoms with van der Waals surface area (Å²) in [6.07, 6.45) is 31.4. The van der Waals surface area contributed by atoms with Crippen molar-refractivity contribution < 1.29 is 38.9 Å². The third-order valence-electron chi connectivity index (χ3n) is 20.9. The van der Waals surface area contributed by atoms with E-state index in [0.717, 1.165) is 130 Å². The quantitative estimate of drug-likeness (QED) is 0.0714. The summed E-state index contributed by atoms with van der Waals surface area (Å²) in [5.74, 6) is 2.48. The van der Waals surface area contributed by atoms with Crippen molar-refractivity contribution in [3.8, 4) is 0 Å². The van der Waals surface area contributed by atoms with Crippen LogP contribution in [-0.2, 0) is 28.7 Å². The number of imide groups is 1. The molecular weight excluding hydrogens is 957 g/mol. The lowest BCUT2D eigenvalue weighted by Crippen LogP contribution is -2.55. The fourth-order valence-electron chi connectivity index (χ4n) is 17.3. The third-order valence-corrected chi connectivity index (χ3v) is 23.4. The second kappa shape index (κ2) is 20.8. The number of ether oxygens (including phenoxy) is 2. The van der Waals surface area contributed by atoms with Crippen molar-refractivity contribution in [3.05, 3.63) is 81.2 Å². The molecule has 7 bridgehead atoms. The van der Waals surface area contributed by atoms with Gasteiger partial charge in [0, 0.05) is 61.4 Å². The molecule has 4 saturated carbocycles. The second-order valence-electron chi connectivity index (χ2n) is 24.1. The number of allylic oxidation sites excluding steroid dienone is 5. The van der Waals surface area contributed by atoms with Crippen LogP contribution >= 0.6 is 21.6 Å². The number of esters is 2. The first kappa shape index (κ1) is 50.3. The summed E-state index contributed by atoms with van der Waals surface area (Å²) in [4.78, 5) is 59.1. The number of amides is 2. The van der Waals surface area contributed by atoms with Gasteiger partial charge in [-0.05, 0) is 172 Å². The number of nitrogens with one attached hydrogen (secondary N) is 3. The number of fused-ring (bicyclic) bond motifs is 2. The molecular formula is C59H78N4O8S2. The summed E-state index contributed by atoms with van der Waals surface area (Å²) in [6, 6.07) is 0.